The van der Waals surface area contributed by atoms with Crippen molar-refractivity contribution in [3.05, 3.63) is 17.5 Å². The van der Waals surface area contributed by atoms with E-state index in [2.05, 4.69) is 30.7 Å². The van der Waals surface area contributed by atoms with Crippen LogP contribution in [-0.4, -0.2) is 16.1 Å². The molecule has 4 heteroatoms. The average Bonchev–Trinajstić information content (AvgIpc) is 2.13. The van der Waals surface area contributed by atoms with Crippen molar-refractivity contribution in [2.75, 3.05) is 0 Å². The molecule has 1 heterocycles. The van der Waals surface area contributed by atoms with Gasteiger partial charge in [0.05, 0.1) is 0 Å². The summed E-state index contributed by atoms with van der Waals surface area (Å²) in [6, 6.07) is 1.76. The Hall–Kier alpha value is -0.830. The van der Waals surface area contributed by atoms with Crippen LogP contribution in [0.3, 0.4) is 0 Å². The maximum absolute atomic E-state index is 5.91. The fourth-order valence-corrected chi connectivity index (χ4v) is 3.04. The smallest absolute Gasteiger partial charge is 0.225 e. The number of hydrogen-bond acceptors (Lipinski definition) is 3. The second-order valence-electron chi connectivity index (χ2n) is 5.82. The van der Waals surface area contributed by atoms with Gasteiger partial charge in [-0.05, 0) is 42.2 Å². The van der Waals surface area contributed by atoms with E-state index in [-0.39, 0.29) is 11.4 Å². The third-order valence-corrected chi connectivity index (χ3v) is 3.42. The summed E-state index contributed by atoms with van der Waals surface area (Å²) >= 11 is 5.75. The van der Waals surface area contributed by atoms with E-state index in [0.29, 0.717) is 17.2 Å². The van der Waals surface area contributed by atoms with Crippen LogP contribution in [0, 0.1) is 11.3 Å². The Morgan fingerprint density at radius 1 is 1.41 bits per heavy atom. The van der Waals surface area contributed by atoms with Crippen molar-refractivity contribution in [1.82, 2.24) is 9.97 Å². The van der Waals surface area contributed by atoms with Crippen molar-refractivity contribution >= 4 is 11.6 Å². The minimum absolute atomic E-state index is 0.236. The topological polar surface area (TPSA) is 35.0 Å². The first-order valence-electron chi connectivity index (χ1n) is 6.10. The van der Waals surface area contributed by atoms with Crippen LogP contribution in [-0.2, 0) is 0 Å². The third kappa shape index (κ3) is 3.56. The molecule has 0 aliphatic heterocycles. The lowest BCUT2D eigenvalue weighted by Crippen LogP contribution is -2.34. The molecular formula is C13H19ClN2O. The lowest BCUT2D eigenvalue weighted by atomic mass is 9.71. The summed E-state index contributed by atoms with van der Waals surface area (Å²) in [5, 5.41) is 0.241. The predicted octanol–water partition coefficient (Wildman–Crippen LogP) is 3.72. The molecule has 1 aliphatic carbocycles. The summed E-state index contributed by atoms with van der Waals surface area (Å²) in [6.45, 7) is 6.88. The van der Waals surface area contributed by atoms with Gasteiger partial charge in [0.15, 0.2) is 0 Å². The molecular weight excluding hydrogens is 236 g/mol. The summed E-state index contributed by atoms with van der Waals surface area (Å²) in [5.74, 6) is 1.28. The summed E-state index contributed by atoms with van der Waals surface area (Å²) in [7, 11) is 0. The Labute approximate surface area is 108 Å². The first-order chi connectivity index (χ1) is 7.94. The Morgan fingerprint density at radius 3 is 2.82 bits per heavy atom. The van der Waals surface area contributed by atoms with Gasteiger partial charge in [-0.1, -0.05) is 20.8 Å². The molecule has 2 rings (SSSR count). The lowest BCUT2D eigenvalue weighted by Gasteiger charge is -2.38. The van der Waals surface area contributed by atoms with Gasteiger partial charge in [0, 0.05) is 12.3 Å². The number of hydrogen-bond donors (Lipinski definition) is 0. The van der Waals surface area contributed by atoms with Crippen LogP contribution < -0.4 is 4.74 Å². The molecule has 2 atom stereocenters. The van der Waals surface area contributed by atoms with Crippen molar-refractivity contribution in [1.29, 1.82) is 0 Å². The third-order valence-electron chi connectivity index (χ3n) is 3.23. The van der Waals surface area contributed by atoms with Gasteiger partial charge in [-0.25, -0.2) is 4.98 Å². The highest BCUT2D eigenvalue weighted by Gasteiger charge is 2.33. The van der Waals surface area contributed by atoms with E-state index in [9.17, 15) is 0 Å². The first-order valence-corrected chi connectivity index (χ1v) is 6.48. The number of halogens is 1. The molecule has 2 unspecified atom stereocenters. The van der Waals surface area contributed by atoms with Crippen molar-refractivity contribution in [2.24, 2.45) is 11.3 Å². The molecule has 17 heavy (non-hydrogen) atoms. The van der Waals surface area contributed by atoms with Crippen molar-refractivity contribution in [2.45, 2.75) is 46.1 Å². The number of nitrogens with zero attached hydrogens (tertiary/aromatic N) is 2. The van der Waals surface area contributed by atoms with E-state index in [4.69, 9.17) is 16.3 Å². The monoisotopic (exact) mass is 254 g/mol. The van der Waals surface area contributed by atoms with E-state index in [1.807, 2.05) is 0 Å². The Kier molecular flexibility index (Phi) is 3.57. The maximum atomic E-state index is 5.91. The molecule has 1 aromatic heterocycles. The second kappa shape index (κ2) is 4.81. The highest BCUT2D eigenvalue weighted by atomic mass is 35.5. The van der Waals surface area contributed by atoms with Gasteiger partial charge >= 0.3 is 0 Å². The molecule has 1 aromatic rings. The molecule has 0 aromatic carbocycles. The molecule has 94 valence electrons. The highest BCUT2D eigenvalue weighted by Crippen LogP contribution is 2.39. The van der Waals surface area contributed by atoms with Crippen LogP contribution in [0.15, 0.2) is 12.3 Å². The fraction of sp³-hybridized carbons (Fsp3) is 0.692. The quantitative estimate of drug-likeness (QED) is 0.755. The van der Waals surface area contributed by atoms with Crippen LogP contribution in [0.25, 0.3) is 0 Å². The maximum Gasteiger partial charge on any atom is 0.225 e. The Bertz CT molecular complexity index is 395. The zero-order valence-corrected chi connectivity index (χ0v) is 11.4. The van der Waals surface area contributed by atoms with E-state index >= 15 is 0 Å². The molecule has 1 fully saturated rings. The van der Waals surface area contributed by atoms with Crippen molar-refractivity contribution in [3.63, 3.8) is 0 Å². The van der Waals surface area contributed by atoms with E-state index < -0.39 is 0 Å². The first kappa shape index (κ1) is 12.6. The molecule has 0 amide bonds. The SMILES string of the molecule is CC1CC(Oc2ccnc(Cl)n2)CC(C)(C)C1. The Balaban J connectivity index is 2.03. The zero-order valence-electron chi connectivity index (χ0n) is 10.6. The molecule has 0 radical (unpaired) electrons. The van der Waals surface area contributed by atoms with Crippen molar-refractivity contribution in [3.8, 4) is 5.88 Å². The normalized spacial score (nSPS) is 27.8. The molecule has 1 saturated carbocycles. The van der Waals surface area contributed by atoms with Gasteiger partial charge in [-0.2, -0.15) is 4.98 Å². The minimum Gasteiger partial charge on any atom is -0.474 e. The van der Waals surface area contributed by atoms with Crippen LogP contribution in [0.1, 0.15) is 40.0 Å². The fourth-order valence-electron chi connectivity index (χ4n) is 2.90. The molecule has 0 saturated heterocycles. The largest absolute Gasteiger partial charge is 0.474 e. The molecule has 0 N–H and O–H groups in total. The van der Waals surface area contributed by atoms with Gasteiger partial charge in [-0.15, -0.1) is 0 Å². The van der Waals surface area contributed by atoms with Crippen molar-refractivity contribution < 1.29 is 4.74 Å². The standard InChI is InChI=1S/C13H19ClN2O/c1-9-6-10(8-13(2,3)7-9)17-11-4-5-15-12(14)16-11/h4-5,9-10H,6-8H2,1-3H3. The van der Waals surface area contributed by atoms with Gasteiger partial charge in [-0.3, -0.25) is 0 Å². The second-order valence-corrected chi connectivity index (χ2v) is 6.16. The van der Waals surface area contributed by atoms with E-state index in [1.165, 1.54) is 6.42 Å². The summed E-state index contributed by atoms with van der Waals surface area (Å²) < 4.78 is 5.91. The number of rotatable bonds is 2. The predicted molar refractivity (Wildman–Crippen MR) is 68.3 cm³/mol. The molecule has 0 spiro atoms. The molecule has 1 aliphatic rings. The molecule has 0 bridgehead atoms. The molecule has 3 nitrogen and oxygen atoms in total. The van der Waals surface area contributed by atoms with Crippen LogP contribution in [0.5, 0.6) is 5.88 Å². The van der Waals surface area contributed by atoms with Gasteiger partial charge < -0.3 is 4.74 Å². The average molecular weight is 255 g/mol. The van der Waals surface area contributed by atoms with Crippen LogP contribution in [0.4, 0.5) is 0 Å². The Morgan fingerprint density at radius 2 is 2.18 bits per heavy atom. The van der Waals surface area contributed by atoms with E-state index in [1.54, 1.807) is 12.3 Å². The summed E-state index contributed by atoms with van der Waals surface area (Å²) in [5.41, 5.74) is 0.346. The summed E-state index contributed by atoms with van der Waals surface area (Å²) in [4.78, 5) is 7.92. The van der Waals surface area contributed by atoms with Gasteiger partial charge in [0.25, 0.3) is 0 Å². The van der Waals surface area contributed by atoms with Crippen LogP contribution >= 0.6 is 11.6 Å². The van der Waals surface area contributed by atoms with Crippen LogP contribution in [0.2, 0.25) is 5.28 Å². The zero-order chi connectivity index (χ0) is 12.5. The van der Waals surface area contributed by atoms with Gasteiger partial charge in [0.2, 0.25) is 11.2 Å². The summed E-state index contributed by atoms with van der Waals surface area (Å²) in [6.07, 6.45) is 5.28. The van der Waals surface area contributed by atoms with Gasteiger partial charge in [0.1, 0.15) is 6.10 Å². The highest BCUT2D eigenvalue weighted by molar-refractivity contribution is 6.28. The number of aromatic nitrogens is 2. The lowest BCUT2D eigenvalue weighted by molar-refractivity contribution is 0.0532. The minimum atomic E-state index is 0.236. The van der Waals surface area contributed by atoms with E-state index in [0.717, 1.165) is 12.8 Å². The number of ether oxygens (including phenoxy) is 1.